The van der Waals surface area contributed by atoms with Crippen molar-refractivity contribution in [2.75, 3.05) is 11.9 Å². The minimum atomic E-state index is -0.386. The summed E-state index contributed by atoms with van der Waals surface area (Å²) in [4.78, 5) is 23.9. The molecular formula is C15H23N3O3. The van der Waals surface area contributed by atoms with Crippen LogP contribution in [0.25, 0.3) is 0 Å². The molecule has 0 saturated heterocycles. The highest BCUT2D eigenvalue weighted by Gasteiger charge is 2.24. The molecule has 0 spiro atoms. The van der Waals surface area contributed by atoms with Crippen molar-refractivity contribution in [2.45, 2.75) is 38.1 Å². The smallest absolute Gasteiger partial charge is 0.319 e. The number of carbonyl (C=O) groups excluding carboxylic acids is 1. The Bertz CT molecular complexity index is 541. The zero-order valence-corrected chi connectivity index (χ0v) is 12.3. The van der Waals surface area contributed by atoms with Gasteiger partial charge in [0.1, 0.15) is 5.69 Å². The van der Waals surface area contributed by atoms with E-state index >= 15 is 0 Å². The predicted octanol–water partition coefficient (Wildman–Crippen LogP) is 1.45. The van der Waals surface area contributed by atoms with E-state index in [2.05, 4.69) is 10.6 Å². The molecule has 6 nitrogen and oxygen atoms in total. The van der Waals surface area contributed by atoms with Crippen molar-refractivity contribution in [3.05, 3.63) is 28.7 Å². The molecule has 0 radical (unpaired) electrons. The number of nitrogens with zero attached hydrogens (tertiary/aromatic N) is 1. The number of urea groups is 1. The molecule has 0 aliphatic heterocycles. The monoisotopic (exact) mass is 293 g/mol. The van der Waals surface area contributed by atoms with Gasteiger partial charge in [0.2, 0.25) is 0 Å². The molecule has 2 amide bonds. The van der Waals surface area contributed by atoms with E-state index in [4.69, 9.17) is 0 Å². The Balaban J connectivity index is 2.00. The fraction of sp³-hybridized carbons (Fsp3) is 0.600. The quantitative estimate of drug-likeness (QED) is 0.738. The van der Waals surface area contributed by atoms with E-state index in [0.29, 0.717) is 0 Å². The molecule has 116 valence electrons. The van der Waals surface area contributed by atoms with Crippen LogP contribution in [-0.2, 0) is 7.05 Å². The Morgan fingerprint density at radius 2 is 2.14 bits per heavy atom. The zero-order valence-electron chi connectivity index (χ0n) is 12.3. The van der Waals surface area contributed by atoms with Crippen LogP contribution in [0.4, 0.5) is 10.5 Å². The van der Waals surface area contributed by atoms with E-state index < -0.39 is 0 Å². The Hall–Kier alpha value is -1.82. The zero-order chi connectivity index (χ0) is 15.2. The third kappa shape index (κ3) is 4.07. The second-order valence-corrected chi connectivity index (χ2v) is 5.62. The van der Waals surface area contributed by atoms with E-state index in [1.165, 1.54) is 4.57 Å². The lowest BCUT2D eigenvalue weighted by atomic mass is 9.96. The summed E-state index contributed by atoms with van der Waals surface area (Å²) in [6.07, 6.45) is 6.70. The molecule has 1 saturated carbocycles. The molecule has 2 rings (SSSR count). The van der Waals surface area contributed by atoms with Crippen LogP contribution in [-0.4, -0.2) is 28.4 Å². The average molecular weight is 293 g/mol. The molecule has 1 aliphatic carbocycles. The summed E-state index contributed by atoms with van der Waals surface area (Å²) < 4.78 is 1.41. The molecule has 3 N–H and O–H groups in total. The maximum absolute atomic E-state index is 12.1. The normalized spacial score (nSPS) is 22.4. The summed E-state index contributed by atoms with van der Waals surface area (Å²) in [5.41, 5.74) is 0.0129. The summed E-state index contributed by atoms with van der Waals surface area (Å²) in [5.74, 6) is 0.0943. The van der Waals surface area contributed by atoms with Gasteiger partial charge in [0.25, 0.3) is 5.56 Å². The molecule has 1 heterocycles. The summed E-state index contributed by atoms with van der Waals surface area (Å²) in [5, 5.41) is 14.9. The number of aliphatic hydroxyl groups is 1. The van der Waals surface area contributed by atoms with Crippen LogP contribution in [0.1, 0.15) is 32.1 Å². The summed E-state index contributed by atoms with van der Waals surface area (Å²) in [7, 11) is 1.64. The standard InChI is InChI=1S/C15H23N3O3/c1-18-9-5-8-13(14(18)20)17-15(21)16-12-7-4-2-3-6-11(12)10-19/h5,8-9,11-12,19H,2-4,6-7,10H2,1H3,(H2,16,17,21). The van der Waals surface area contributed by atoms with Crippen LogP contribution in [0.15, 0.2) is 23.1 Å². The van der Waals surface area contributed by atoms with Gasteiger partial charge in [0.05, 0.1) is 0 Å². The molecule has 21 heavy (non-hydrogen) atoms. The fourth-order valence-corrected chi connectivity index (χ4v) is 2.81. The molecule has 1 aromatic heterocycles. The summed E-state index contributed by atoms with van der Waals surface area (Å²) >= 11 is 0. The van der Waals surface area contributed by atoms with E-state index in [1.807, 2.05) is 0 Å². The lowest BCUT2D eigenvalue weighted by Gasteiger charge is -2.24. The van der Waals surface area contributed by atoms with Crippen molar-refractivity contribution in [1.82, 2.24) is 9.88 Å². The number of carbonyl (C=O) groups is 1. The molecule has 1 aliphatic rings. The van der Waals surface area contributed by atoms with Gasteiger partial charge < -0.3 is 20.3 Å². The Labute approximate surface area is 124 Å². The fourth-order valence-electron chi connectivity index (χ4n) is 2.81. The van der Waals surface area contributed by atoms with Gasteiger partial charge in [-0.25, -0.2) is 4.79 Å². The molecule has 0 bridgehead atoms. The van der Waals surface area contributed by atoms with Crippen LogP contribution in [0.3, 0.4) is 0 Å². The third-order valence-electron chi connectivity index (χ3n) is 4.08. The maximum Gasteiger partial charge on any atom is 0.319 e. The Morgan fingerprint density at radius 3 is 2.90 bits per heavy atom. The molecule has 1 aromatic rings. The van der Waals surface area contributed by atoms with Gasteiger partial charge >= 0.3 is 6.03 Å². The van der Waals surface area contributed by atoms with E-state index in [-0.39, 0.29) is 35.8 Å². The average Bonchev–Trinajstić information content (AvgIpc) is 2.69. The maximum atomic E-state index is 12.1. The van der Waals surface area contributed by atoms with Gasteiger partial charge in [-0.2, -0.15) is 0 Å². The highest BCUT2D eigenvalue weighted by Crippen LogP contribution is 2.23. The van der Waals surface area contributed by atoms with Crippen molar-refractivity contribution >= 4 is 11.7 Å². The number of aliphatic hydroxyl groups excluding tert-OH is 1. The largest absolute Gasteiger partial charge is 0.396 e. The highest BCUT2D eigenvalue weighted by molar-refractivity contribution is 5.89. The van der Waals surface area contributed by atoms with Crippen molar-refractivity contribution in [2.24, 2.45) is 13.0 Å². The summed E-state index contributed by atoms with van der Waals surface area (Å²) in [6, 6.07) is 2.87. The van der Waals surface area contributed by atoms with Crippen LogP contribution in [0, 0.1) is 5.92 Å². The number of anilines is 1. The molecular weight excluding hydrogens is 270 g/mol. The number of amides is 2. The molecule has 2 unspecified atom stereocenters. The van der Waals surface area contributed by atoms with Crippen LogP contribution < -0.4 is 16.2 Å². The molecule has 6 heteroatoms. The number of hydrogen-bond acceptors (Lipinski definition) is 3. The minimum absolute atomic E-state index is 0.0370. The predicted molar refractivity (Wildman–Crippen MR) is 81.3 cm³/mol. The number of aromatic nitrogens is 1. The first-order valence-electron chi connectivity index (χ1n) is 7.46. The number of aryl methyl sites for hydroxylation is 1. The van der Waals surface area contributed by atoms with Crippen LogP contribution in [0.5, 0.6) is 0 Å². The van der Waals surface area contributed by atoms with Crippen molar-refractivity contribution in [3.8, 4) is 0 Å². The van der Waals surface area contributed by atoms with Crippen molar-refractivity contribution in [3.63, 3.8) is 0 Å². The number of nitrogens with one attached hydrogen (secondary N) is 2. The van der Waals surface area contributed by atoms with Gasteiger partial charge in [-0.3, -0.25) is 4.79 Å². The first-order chi connectivity index (χ1) is 10.1. The van der Waals surface area contributed by atoms with E-state index in [9.17, 15) is 14.7 Å². The minimum Gasteiger partial charge on any atom is -0.396 e. The Kier molecular flexibility index (Phi) is 5.38. The van der Waals surface area contributed by atoms with Crippen LogP contribution >= 0.6 is 0 Å². The topological polar surface area (TPSA) is 83.4 Å². The first kappa shape index (κ1) is 15.6. The SMILES string of the molecule is Cn1cccc(NC(=O)NC2CCCCCC2CO)c1=O. The van der Waals surface area contributed by atoms with Gasteiger partial charge in [0.15, 0.2) is 0 Å². The Morgan fingerprint density at radius 1 is 1.38 bits per heavy atom. The van der Waals surface area contributed by atoms with Crippen molar-refractivity contribution in [1.29, 1.82) is 0 Å². The molecule has 0 aromatic carbocycles. The lowest BCUT2D eigenvalue weighted by Crippen LogP contribution is -2.44. The van der Waals surface area contributed by atoms with Crippen molar-refractivity contribution < 1.29 is 9.90 Å². The number of pyridine rings is 1. The van der Waals surface area contributed by atoms with E-state index in [0.717, 1.165) is 32.1 Å². The van der Waals surface area contributed by atoms with E-state index in [1.54, 1.807) is 25.4 Å². The molecule has 1 fully saturated rings. The van der Waals surface area contributed by atoms with Gasteiger partial charge in [-0.1, -0.05) is 19.3 Å². The van der Waals surface area contributed by atoms with Gasteiger partial charge in [0, 0.05) is 31.8 Å². The number of rotatable bonds is 3. The highest BCUT2D eigenvalue weighted by atomic mass is 16.3. The second-order valence-electron chi connectivity index (χ2n) is 5.62. The summed E-state index contributed by atoms with van der Waals surface area (Å²) in [6.45, 7) is 0.0814. The first-order valence-corrected chi connectivity index (χ1v) is 7.46. The second kappa shape index (κ2) is 7.26. The third-order valence-corrected chi connectivity index (χ3v) is 4.08. The van der Waals surface area contributed by atoms with Crippen LogP contribution in [0.2, 0.25) is 0 Å². The van der Waals surface area contributed by atoms with Gasteiger partial charge in [-0.05, 0) is 25.0 Å². The number of hydrogen-bond donors (Lipinski definition) is 3. The lowest BCUT2D eigenvalue weighted by molar-refractivity contribution is 0.182. The van der Waals surface area contributed by atoms with Gasteiger partial charge in [-0.15, -0.1) is 0 Å². The molecule has 2 atom stereocenters.